The van der Waals surface area contributed by atoms with Gasteiger partial charge in [-0.3, -0.25) is 4.98 Å². The highest BCUT2D eigenvalue weighted by Crippen LogP contribution is 2.28. The molecule has 0 bridgehead atoms. The van der Waals surface area contributed by atoms with Crippen molar-refractivity contribution in [3.05, 3.63) is 53.3 Å². The Bertz CT molecular complexity index is 707. The second-order valence-corrected chi connectivity index (χ2v) is 7.34. The zero-order valence-corrected chi connectivity index (χ0v) is 13.4. The number of aryl methyl sites for hydroxylation is 2. The van der Waals surface area contributed by atoms with Crippen LogP contribution in [-0.4, -0.2) is 20.0 Å². The van der Waals surface area contributed by atoms with Crippen molar-refractivity contribution >= 4 is 19.7 Å². The van der Waals surface area contributed by atoms with Crippen LogP contribution in [0.15, 0.2) is 41.6 Å². The van der Waals surface area contributed by atoms with E-state index in [1.165, 1.54) is 12.1 Å². The van der Waals surface area contributed by atoms with Crippen LogP contribution < -0.4 is 4.74 Å². The molecule has 1 aromatic carbocycles. The molecule has 2 aromatic rings. The van der Waals surface area contributed by atoms with Crippen LogP contribution in [0.1, 0.15) is 16.7 Å². The smallest absolute Gasteiger partial charge is 0.261 e. The molecule has 0 saturated carbocycles. The maximum atomic E-state index is 11.4. The van der Waals surface area contributed by atoms with E-state index >= 15 is 0 Å². The summed E-state index contributed by atoms with van der Waals surface area (Å²) in [6.07, 6.45) is 4.24. The van der Waals surface area contributed by atoms with Gasteiger partial charge in [0.05, 0.1) is 11.5 Å². The standard InChI is InChI=1S/C15H16ClNO3S/c1-11-9-14(21(16,18)19)10-12(2)15(11)20-8-5-13-3-6-17-7-4-13/h3-4,6-7,9-10H,5,8H2,1-2H3. The van der Waals surface area contributed by atoms with Crippen LogP contribution in [-0.2, 0) is 15.5 Å². The van der Waals surface area contributed by atoms with Gasteiger partial charge in [-0.15, -0.1) is 0 Å². The predicted octanol–water partition coefficient (Wildman–Crippen LogP) is 3.25. The summed E-state index contributed by atoms with van der Waals surface area (Å²) >= 11 is 0. The molecule has 6 heteroatoms. The van der Waals surface area contributed by atoms with Crippen LogP contribution in [0.4, 0.5) is 0 Å². The Balaban J connectivity index is 2.11. The zero-order chi connectivity index (χ0) is 15.5. The van der Waals surface area contributed by atoms with E-state index < -0.39 is 9.05 Å². The Hall–Kier alpha value is -1.59. The third-order valence-electron chi connectivity index (χ3n) is 3.10. The normalized spacial score (nSPS) is 11.4. The largest absolute Gasteiger partial charge is 0.493 e. The molecular formula is C15H16ClNO3S. The summed E-state index contributed by atoms with van der Waals surface area (Å²) in [7, 11) is 1.65. The van der Waals surface area contributed by atoms with Gasteiger partial charge < -0.3 is 4.74 Å². The van der Waals surface area contributed by atoms with Crippen LogP contribution in [0.5, 0.6) is 5.75 Å². The van der Waals surface area contributed by atoms with Gasteiger partial charge in [0.2, 0.25) is 0 Å². The van der Waals surface area contributed by atoms with E-state index in [2.05, 4.69) is 4.98 Å². The average Bonchev–Trinajstić information content (AvgIpc) is 2.42. The number of pyridine rings is 1. The molecule has 0 fully saturated rings. The molecule has 1 aromatic heterocycles. The summed E-state index contributed by atoms with van der Waals surface area (Å²) in [5.41, 5.74) is 2.65. The van der Waals surface area contributed by atoms with Crippen molar-refractivity contribution in [2.45, 2.75) is 25.2 Å². The number of ether oxygens (including phenoxy) is 1. The van der Waals surface area contributed by atoms with Gasteiger partial charge >= 0.3 is 0 Å². The van der Waals surface area contributed by atoms with E-state index in [4.69, 9.17) is 15.4 Å². The SMILES string of the molecule is Cc1cc(S(=O)(=O)Cl)cc(C)c1OCCc1ccncc1. The molecule has 0 atom stereocenters. The lowest BCUT2D eigenvalue weighted by atomic mass is 10.1. The van der Waals surface area contributed by atoms with Crippen molar-refractivity contribution in [1.82, 2.24) is 4.98 Å². The quantitative estimate of drug-likeness (QED) is 0.792. The molecule has 0 spiro atoms. The number of nitrogens with zero attached hydrogens (tertiary/aromatic N) is 1. The monoisotopic (exact) mass is 325 g/mol. The van der Waals surface area contributed by atoms with E-state index in [0.717, 1.165) is 23.1 Å². The third-order valence-corrected chi connectivity index (χ3v) is 4.44. The first-order valence-corrected chi connectivity index (χ1v) is 8.76. The summed E-state index contributed by atoms with van der Waals surface area (Å²) in [4.78, 5) is 4.06. The average molecular weight is 326 g/mol. The van der Waals surface area contributed by atoms with Crippen molar-refractivity contribution < 1.29 is 13.2 Å². The molecule has 0 unspecified atom stereocenters. The first-order valence-electron chi connectivity index (χ1n) is 6.45. The molecule has 0 amide bonds. The van der Waals surface area contributed by atoms with Gasteiger partial charge in [0.1, 0.15) is 5.75 Å². The highest BCUT2D eigenvalue weighted by Gasteiger charge is 2.14. The first-order chi connectivity index (χ1) is 9.88. The third kappa shape index (κ3) is 4.19. The van der Waals surface area contributed by atoms with Gasteiger partial charge in [-0.25, -0.2) is 8.42 Å². The summed E-state index contributed by atoms with van der Waals surface area (Å²) in [6.45, 7) is 4.12. The number of halogens is 1. The number of hydrogen-bond donors (Lipinski definition) is 0. The topological polar surface area (TPSA) is 56.3 Å². The van der Waals surface area contributed by atoms with Gasteiger partial charge in [-0.05, 0) is 54.8 Å². The molecule has 0 aliphatic heterocycles. The molecule has 21 heavy (non-hydrogen) atoms. The minimum absolute atomic E-state index is 0.0978. The fourth-order valence-electron chi connectivity index (χ4n) is 2.10. The molecule has 2 rings (SSSR count). The lowest BCUT2D eigenvalue weighted by molar-refractivity contribution is 0.317. The van der Waals surface area contributed by atoms with E-state index in [1.54, 1.807) is 26.2 Å². The summed E-state index contributed by atoms with van der Waals surface area (Å²) < 4.78 is 28.5. The van der Waals surface area contributed by atoms with Crippen LogP contribution in [0.25, 0.3) is 0 Å². The summed E-state index contributed by atoms with van der Waals surface area (Å²) in [5.74, 6) is 0.702. The number of rotatable bonds is 5. The molecule has 0 saturated heterocycles. The maximum Gasteiger partial charge on any atom is 0.261 e. The Labute approximate surface area is 129 Å². The molecular weight excluding hydrogens is 310 g/mol. The van der Waals surface area contributed by atoms with Crippen molar-refractivity contribution in [2.75, 3.05) is 6.61 Å². The minimum Gasteiger partial charge on any atom is -0.493 e. The minimum atomic E-state index is -3.72. The van der Waals surface area contributed by atoms with E-state index in [-0.39, 0.29) is 4.90 Å². The predicted molar refractivity (Wildman–Crippen MR) is 82.4 cm³/mol. The molecule has 112 valence electrons. The Kier molecular flexibility index (Phi) is 4.85. The Morgan fingerprint density at radius 2 is 1.71 bits per heavy atom. The van der Waals surface area contributed by atoms with Gasteiger partial charge in [-0.1, -0.05) is 0 Å². The van der Waals surface area contributed by atoms with E-state index in [0.29, 0.717) is 12.4 Å². The lowest BCUT2D eigenvalue weighted by Crippen LogP contribution is -2.05. The van der Waals surface area contributed by atoms with Crippen molar-refractivity contribution in [3.8, 4) is 5.75 Å². The molecule has 4 nitrogen and oxygen atoms in total. The van der Waals surface area contributed by atoms with Crippen molar-refractivity contribution in [1.29, 1.82) is 0 Å². The molecule has 0 radical (unpaired) electrons. The molecule has 0 N–H and O–H groups in total. The molecule has 0 aliphatic rings. The highest BCUT2D eigenvalue weighted by atomic mass is 35.7. The first kappa shape index (κ1) is 15.8. The lowest BCUT2D eigenvalue weighted by Gasteiger charge is -2.13. The fourth-order valence-corrected chi connectivity index (χ4v) is 3.00. The zero-order valence-electron chi connectivity index (χ0n) is 11.8. The summed E-state index contributed by atoms with van der Waals surface area (Å²) in [5, 5.41) is 0. The van der Waals surface area contributed by atoms with Gasteiger partial charge in [0.25, 0.3) is 9.05 Å². The van der Waals surface area contributed by atoms with E-state index in [9.17, 15) is 8.42 Å². The van der Waals surface area contributed by atoms with Gasteiger partial charge in [0, 0.05) is 29.5 Å². The van der Waals surface area contributed by atoms with E-state index in [1.807, 2.05) is 12.1 Å². The van der Waals surface area contributed by atoms with Crippen LogP contribution >= 0.6 is 10.7 Å². The van der Waals surface area contributed by atoms with Gasteiger partial charge in [0.15, 0.2) is 0 Å². The number of aromatic nitrogens is 1. The second-order valence-electron chi connectivity index (χ2n) is 4.78. The van der Waals surface area contributed by atoms with Crippen LogP contribution in [0.3, 0.4) is 0 Å². The fraction of sp³-hybridized carbons (Fsp3) is 0.267. The second kappa shape index (κ2) is 6.45. The van der Waals surface area contributed by atoms with Crippen LogP contribution in [0, 0.1) is 13.8 Å². The van der Waals surface area contributed by atoms with Crippen LogP contribution in [0.2, 0.25) is 0 Å². The van der Waals surface area contributed by atoms with Gasteiger partial charge in [-0.2, -0.15) is 0 Å². The number of hydrogen-bond acceptors (Lipinski definition) is 4. The Morgan fingerprint density at radius 3 is 2.24 bits per heavy atom. The highest BCUT2D eigenvalue weighted by molar-refractivity contribution is 8.13. The Morgan fingerprint density at radius 1 is 1.14 bits per heavy atom. The van der Waals surface area contributed by atoms with Crippen molar-refractivity contribution in [3.63, 3.8) is 0 Å². The maximum absolute atomic E-state index is 11.4. The molecule has 0 aliphatic carbocycles. The summed E-state index contributed by atoms with van der Waals surface area (Å²) in [6, 6.07) is 6.92. The molecule has 1 heterocycles. The number of benzene rings is 1. The van der Waals surface area contributed by atoms with Crippen molar-refractivity contribution in [2.24, 2.45) is 0 Å².